The second-order valence-corrected chi connectivity index (χ2v) is 4.95. The smallest absolute Gasteiger partial charge is 0.191 e. The Kier molecular flexibility index (Phi) is 5.28. The Labute approximate surface area is 123 Å². The molecule has 21 heavy (non-hydrogen) atoms. The van der Waals surface area contributed by atoms with Crippen molar-refractivity contribution >= 4 is 0 Å². The zero-order chi connectivity index (χ0) is 15.2. The molecule has 2 aromatic carbocycles. The zero-order valence-corrected chi connectivity index (χ0v) is 12.2. The maximum Gasteiger partial charge on any atom is 0.191 e. The average molecular weight is 291 g/mol. The fourth-order valence-corrected chi connectivity index (χ4v) is 2.08. The van der Waals surface area contributed by atoms with E-state index in [1.165, 1.54) is 12.1 Å². The van der Waals surface area contributed by atoms with Crippen molar-refractivity contribution in [3.05, 3.63) is 64.7 Å². The Morgan fingerprint density at radius 3 is 2.38 bits per heavy atom. The maximum absolute atomic E-state index is 13.9. The summed E-state index contributed by atoms with van der Waals surface area (Å²) in [7, 11) is 0. The molecule has 0 aliphatic carbocycles. The van der Waals surface area contributed by atoms with Gasteiger partial charge in [-0.05, 0) is 36.7 Å². The fraction of sp³-hybridized carbons (Fsp3) is 0.294. The minimum absolute atomic E-state index is 0.141. The Balaban J connectivity index is 2.09. The van der Waals surface area contributed by atoms with Crippen molar-refractivity contribution in [2.24, 2.45) is 0 Å². The van der Waals surface area contributed by atoms with Gasteiger partial charge in [0.1, 0.15) is 6.61 Å². The van der Waals surface area contributed by atoms with Crippen LogP contribution in [0.2, 0.25) is 0 Å². The second kappa shape index (κ2) is 7.18. The van der Waals surface area contributed by atoms with Crippen LogP contribution in [0.1, 0.15) is 23.6 Å². The Hall–Kier alpha value is -1.94. The molecular weight excluding hydrogens is 272 g/mol. The van der Waals surface area contributed by atoms with Crippen molar-refractivity contribution in [3.63, 3.8) is 0 Å². The minimum atomic E-state index is -0.671. The average Bonchev–Trinajstić information content (AvgIpc) is 2.44. The SMILES string of the molecule is CCNCc1cc(F)c(OCc2cccc(C)c2)c(F)c1. The quantitative estimate of drug-likeness (QED) is 0.869. The highest BCUT2D eigenvalue weighted by Gasteiger charge is 2.12. The van der Waals surface area contributed by atoms with Crippen molar-refractivity contribution < 1.29 is 13.5 Å². The number of aryl methyl sites for hydroxylation is 1. The lowest BCUT2D eigenvalue weighted by Crippen LogP contribution is -2.12. The van der Waals surface area contributed by atoms with E-state index in [1.54, 1.807) is 0 Å². The van der Waals surface area contributed by atoms with Crippen molar-refractivity contribution in [1.29, 1.82) is 0 Å². The Morgan fingerprint density at radius 2 is 1.76 bits per heavy atom. The van der Waals surface area contributed by atoms with Crippen LogP contribution < -0.4 is 10.1 Å². The zero-order valence-electron chi connectivity index (χ0n) is 12.2. The van der Waals surface area contributed by atoms with E-state index in [-0.39, 0.29) is 12.4 Å². The molecule has 0 unspecified atom stereocenters. The lowest BCUT2D eigenvalue weighted by atomic mass is 10.1. The second-order valence-electron chi connectivity index (χ2n) is 4.95. The number of halogens is 2. The van der Waals surface area contributed by atoms with Gasteiger partial charge >= 0.3 is 0 Å². The first-order chi connectivity index (χ1) is 10.1. The van der Waals surface area contributed by atoms with Gasteiger partial charge in [-0.1, -0.05) is 36.8 Å². The monoisotopic (exact) mass is 291 g/mol. The molecule has 0 amide bonds. The molecule has 0 radical (unpaired) electrons. The van der Waals surface area contributed by atoms with E-state index in [0.717, 1.165) is 17.7 Å². The van der Waals surface area contributed by atoms with Crippen LogP contribution in [-0.2, 0) is 13.2 Å². The van der Waals surface area contributed by atoms with E-state index < -0.39 is 11.6 Å². The first kappa shape index (κ1) is 15.4. The van der Waals surface area contributed by atoms with Crippen molar-refractivity contribution in [2.75, 3.05) is 6.54 Å². The molecule has 0 atom stereocenters. The molecule has 0 bridgehead atoms. The normalized spacial score (nSPS) is 10.7. The summed E-state index contributed by atoms with van der Waals surface area (Å²) >= 11 is 0. The molecule has 0 aliphatic heterocycles. The van der Waals surface area contributed by atoms with Crippen molar-refractivity contribution in [3.8, 4) is 5.75 Å². The third kappa shape index (κ3) is 4.26. The third-order valence-electron chi connectivity index (χ3n) is 3.10. The number of hydrogen-bond acceptors (Lipinski definition) is 2. The maximum atomic E-state index is 13.9. The molecule has 1 N–H and O–H groups in total. The molecule has 112 valence electrons. The number of rotatable bonds is 6. The molecule has 4 heteroatoms. The summed E-state index contributed by atoms with van der Waals surface area (Å²) in [6.45, 7) is 5.21. The van der Waals surface area contributed by atoms with Gasteiger partial charge in [0, 0.05) is 6.54 Å². The van der Waals surface area contributed by atoms with Gasteiger partial charge < -0.3 is 10.1 Å². The van der Waals surface area contributed by atoms with E-state index in [9.17, 15) is 8.78 Å². The largest absolute Gasteiger partial charge is 0.483 e. The molecular formula is C17H19F2NO. The van der Waals surface area contributed by atoms with Crippen LogP contribution in [0.15, 0.2) is 36.4 Å². The van der Waals surface area contributed by atoms with Gasteiger partial charge in [0.05, 0.1) is 0 Å². The van der Waals surface area contributed by atoms with Gasteiger partial charge in [-0.3, -0.25) is 0 Å². The third-order valence-corrected chi connectivity index (χ3v) is 3.10. The van der Waals surface area contributed by atoms with Crippen LogP contribution in [0, 0.1) is 18.6 Å². The number of nitrogens with one attached hydrogen (secondary N) is 1. The molecule has 0 spiro atoms. The van der Waals surface area contributed by atoms with Gasteiger partial charge in [-0.15, -0.1) is 0 Å². The van der Waals surface area contributed by atoms with Gasteiger partial charge in [-0.2, -0.15) is 0 Å². The lowest BCUT2D eigenvalue weighted by Gasteiger charge is -2.11. The molecule has 0 heterocycles. The first-order valence-corrected chi connectivity index (χ1v) is 6.97. The van der Waals surface area contributed by atoms with Crippen LogP contribution in [0.25, 0.3) is 0 Å². The molecule has 2 rings (SSSR count). The number of benzene rings is 2. The molecule has 0 saturated carbocycles. The molecule has 0 aromatic heterocycles. The predicted molar refractivity (Wildman–Crippen MR) is 79.2 cm³/mol. The predicted octanol–water partition coefficient (Wildman–Crippen LogP) is 3.96. The fourth-order valence-electron chi connectivity index (χ4n) is 2.08. The van der Waals surface area contributed by atoms with E-state index in [2.05, 4.69) is 5.32 Å². The topological polar surface area (TPSA) is 21.3 Å². The lowest BCUT2D eigenvalue weighted by molar-refractivity contribution is 0.273. The van der Waals surface area contributed by atoms with Crippen molar-refractivity contribution in [2.45, 2.75) is 27.0 Å². The number of hydrogen-bond donors (Lipinski definition) is 1. The summed E-state index contributed by atoms with van der Waals surface area (Å²) in [5.41, 5.74) is 2.53. The van der Waals surface area contributed by atoms with E-state index in [4.69, 9.17) is 4.74 Å². The Morgan fingerprint density at radius 1 is 1.05 bits per heavy atom. The van der Waals surface area contributed by atoms with Crippen LogP contribution >= 0.6 is 0 Å². The summed E-state index contributed by atoms with van der Waals surface area (Å²) in [4.78, 5) is 0. The van der Waals surface area contributed by atoms with Gasteiger partial charge in [-0.25, -0.2) is 8.78 Å². The number of ether oxygens (including phenoxy) is 1. The van der Waals surface area contributed by atoms with Crippen LogP contribution in [0.5, 0.6) is 5.75 Å². The molecule has 0 fully saturated rings. The highest BCUT2D eigenvalue weighted by Crippen LogP contribution is 2.24. The molecule has 0 aliphatic rings. The first-order valence-electron chi connectivity index (χ1n) is 6.97. The van der Waals surface area contributed by atoms with E-state index >= 15 is 0 Å². The Bertz CT molecular complexity index is 590. The van der Waals surface area contributed by atoms with Crippen LogP contribution in [-0.4, -0.2) is 6.54 Å². The van der Waals surface area contributed by atoms with Crippen LogP contribution in [0.3, 0.4) is 0 Å². The van der Waals surface area contributed by atoms with Crippen molar-refractivity contribution in [1.82, 2.24) is 5.32 Å². The summed E-state index contributed by atoms with van der Waals surface area (Å²) in [5, 5.41) is 3.03. The van der Waals surface area contributed by atoms with Gasteiger partial charge in [0.2, 0.25) is 0 Å². The van der Waals surface area contributed by atoms with Gasteiger partial charge in [0.25, 0.3) is 0 Å². The standard InChI is InChI=1S/C17H19F2NO/c1-3-20-10-14-8-15(18)17(16(19)9-14)21-11-13-6-4-5-12(2)7-13/h4-9,20H,3,10-11H2,1-2H3. The summed E-state index contributed by atoms with van der Waals surface area (Å²) in [6, 6.07) is 10.2. The van der Waals surface area contributed by atoms with Crippen LogP contribution in [0.4, 0.5) is 8.78 Å². The molecule has 2 nitrogen and oxygen atoms in total. The minimum Gasteiger partial charge on any atom is -0.483 e. The van der Waals surface area contributed by atoms with E-state index in [1.807, 2.05) is 38.1 Å². The summed E-state index contributed by atoms with van der Waals surface area (Å²) in [6.07, 6.45) is 0. The molecule has 0 saturated heterocycles. The highest BCUT2D eigenvalue weighted by atomic mass is 19.1. The highest BCUT2D eigenvalue weighted by molar-refractivity contribution is 5.32. The molecule has 2 aromatic rings. The summed E-state index contributed by atoms with van der Waals surface area (Å²) < 4.78 is 33.2. The van der Waals surface area contributed by atoms with E-state index in [0.29, 0.717) is 12.1 Å². The van der Waals surface area contributed by atoms with Gasteiger partial charge in [0.15, 0.2) is 17.4 Å². The summed E-state index contributed by atoms with van der Waals surface area (Å²) in [5.74, 6) is -1.66.